The van der Waals surface area contributed by atoms with E-state index in [0.717, 1.165) is 16.7 Å². The van der Waals surface area contributed by atoms with Crippen LogP contribution in [0.15, 0.2) is 53.4 Å². The van der Waals surface area contributed by atoms with Crippen molar-refractivity contribution in [3.63, 3.8) is 0 Å². The van der Waals surface area contributed by atoms with Crippen LogP contribution < -0.4 is 4.31 Å². The maximum atomic E-state index is 13.8. The number of carboxylic acids is 1. The van der Waals surface area contributed by atoms with Gasteiger partial charge in [-0.2, -0.15) is 0 Å². The predicted octanol–water partition coefficient (Wildman–Crippen LogP) is 6.03. The van der Waals surface area contributed by atoms with Gasteiger partial charge in [0.1, 0.15) is 0 Å². The summed E-state index contributed by atoms with van der Waals surface area (Å²) in [5.74, 6) is -1.17. The van der Waals surface area contributed by atoms with Gasteiger partial charge in [-0.1, -0.05) is 48.0 Å². The molecule has 1 heterocycles. The fraction of sp³-hybridized carbons (Fsp3) is 0.321. The Morgan fingerprint density at radius 2 is 1.54 bits per heavy atom. The molecule has 1 aliphatic heterocycles. The molecule has 0 aromatic heterocycles. The van der Waals surface area contributed by atoms with E-state index in [4.69, 9.17) is 4.74 Å². The van der Waals surface area contributed by atoms with E-state index in [1.54, 1.807) is 33.8 Å². The largest absolute Gasteiger partial charge is 0.479 e. The second kappa shape index (κ2) is 8.50. The third-order valence-corrected chi connectivity index (χ3v) is 8.36. The standard InChI is InChI=1S/C28H31NO5S/c1-16-12-14-19(15-13-16)22-17(2)23-20-10-8-9-11-21(20)29(7)35(32,33)26(23)18(3)24(22)25(27(30)31)34-28(4,5)6/h8-15,25H,1-7H3,(H,30,31)/t25-/m0/s1. The van der Waals surface area contributed by atoms with E-state index in [1.165, 1.54) is 11.4 Å². The summed E-state index contributed by atoms with van der Waals surface area (Å²) in [7, 11) is -2.41. The Labute approximate surface area is 207 Å². The average molecular weight is 494 g/mol. The van der Waals surface area contributed by atoms with Gasteiger partial charge in [-0.3, -0.25) is 4.31 Å². The normalized spacial score (nSPS) is 15.3. The molecule has 184 valence electrons. The van der Waals surface area contributed by atoms with Crippen molar-refractivity contribution in [3.05, 3.63) is 70.8 Å². The highest BCUT2D eigenvalue weighted by Gasteiger charge is 2.40. The molecule has 0 unspecified atom stereocenters. The van der Waals surface area contributed by atoms with Crippen molar-refractivity contribution in [2.45, 2.75) is 58.1 Å². The number of aryl methyl sites for hydroxylation is 1. The SMILES string of the molecule is Cc1ccc(-c2c(C)c3c(c(C)c2[C@H](OC(C)(C)C)C(=O)O)S(=O)(=O)N(C)c2ccccc2-3)cc1. The Hall–Kier alpha value is -3.16. The maximum Gasteiger partial charge on any atom is 0.337 e. The maximum absolute atomic E-state index is 13.8. The lowest BCUT2D eigenvalue weighted by Gasteiger charge is -2.35. The number of fused-ring (bicyclic) bond motifs is 3. The minimum atomic E-state index is -3.93. The summed E-state index contributed by atoms with van der Waals surface area (Å²) in [5.41, 5.74) is 5.24. The van der Waals surface area contributed by atoms with E-state index in [-0.39, 0.29) is 4.90 Å². The molecule has 7 heteroatoms. The van der Waals surface area contributed by atoms with Gasteiger partial charge in [0.25, 0.3) is 10.0 Å². The molecule has 3 aromatic rings. The average Bonchev–Trinajstić information content (AvgIpc) is 2.77. The number of para-hydroxylation sites is 1. The van der Waals surface area contributed by atoms with Crippen LogP contribution in [0.3, 0.4) is 0 Å². The van der Waals surface area contributed by atoms with Crippen LogP contribution in [-0.4, -0.2) is 32.1 Å². The second-order valence-electron chi connectivity index (χ2n) is 10.0. The lowest BCUT2D eigenvalue weighted by molar-refractivity contribution is -0.160. The van der Waals surface area contributed by atoms with E-state index in [1.807, 2.05) is 56.3 Å². The van der Waals surface area contributed by atoms with Crippen LogP contribution in [0, 0.1) is 20.8 Å². The van der Waals surface area contributed by atoms with Crippen LogP contribution in [0.1, 0.15) is 49.1 Å². The molecule has 0 saturated carbocycles. The van der Waals surface area contributed by atoms with Crippen molar-refractivity contribution in [3.8, 4) is 22.3 Å². The van der Waals surface area contributed by atoms with Gasteiger partial charge >= 0.3 is 5.97 Å². The van der Waals surface area contributed by atoms with Gasteiger partial charge in [0.15, 0.2) is 6.10 Å². The summed E-state index contributed by atoms with van der Waals surface area (Å²) in [6.07, 6.45) is -1.35. The third-order valence-electron chi connectivity index (χ3n) is 6.42. The number of carboxylic acid groups (broad SMARTS) is 1. The van der Waals surface area contributed by atoms with Crippen LogP contribution in [0.4, 0.5) is 5.69 Å². The van der Waals surface area contributed by atoms with Gasteiger partial charge in [0, 0.05) is 23.7 Å². The quantitative estimate of drug-likeness (QED) is 0.480. The molecular weight excluding hydrogens is 462 g/mol. The third kappa shape index (κ3) is 4.13. The molecule has 3 aromatic carbocycles. The molecule has 0 aliphatic carbocycles. The molecule has 6 nitrogen and oxygen atoms in total. The van der Waals surface area contributed by atoms with Crippen molar-refractivity contribution in [2.75, 3.05) is 11.4 Å². The predicted molar refractivity (Wildman–Crippen MR) is 138 cm³/mol. The summed E-state index contributed by atoms with van der Waals surface area (Å²) in [5, 5.41) is 10.3. The molecule has 0 spiro atoms. The molecule has 0 amide bonds. The highest BCUT2D eigenvalue weighted by molar-refractivity contribution is 7.93. The number of carbonyl (C=O) groups is 1. The lowest BCUT2D eigenvalue weighted by Crippen LogP contribution is -2.33. The Bertz CT molecular complexity index is 1430. The fourth-order valence-electron chi connectivity index (χ4n) is 4.87. The molecule has 0 bridgehead atoms. The van der Waals surface area contributed by atoms with Crippen LogP contribution in [0.25, 0.3) is 22.3 Å². The van der Waals surface area contributed by atoms with Crippen LogP contribution in [0.2, 0.25) is 0 Å². The molecule has 0 saturated heterocycles. The lowest BCUT2D eigenvalue weighted by atomic mass is 9.83. The number of benzene rings is 3. The van der Waals surface area contributed by atoms with Crippen molar-refractivity contribution < 1.29 is 23.1 Å². The number of nitrogens with zero attached hydrogens (tertiary/aromatic N) is 1. The number of aliphatic carboxylic acids is 1. The minimum absolute atomic E-state index is 0.130. The van der Waals surface area contributed by atoms with E-state index in [0.29, 0.717) is 33.5 Å². The Kier molecular flexibility index (Phi) is 6.06. The van der Waals surface area contributed by atoms with Crippen LogP contribution in [0.5, 0.6) is 0 Å². The highest BCUT2D eigenvalue weighted by atomic mass is 32.2. The molecule has 1 N–H and O–H groups in total. The molecule has 1 atom stereocenters. The van der Waals surface area contributed by atoms with Gasteiger partial charge in [0.2, 0.25) is 0 Å². The minimum Gasteiger partial charge on any atom is -0.479 e. The monoisotopic (exact) mass is 493 g/mol. The number of sulfonamides is 1. The highest BCUT2D eigenvalue weighted by Crippen LogP contribution is 2.51. The number of ether oxygens (including phenoxy) is 1. The van der Waals surface area contributed by atoms with Gasteiger partial charge in [-0.05, 0) is 69.9 Å². The number of anilines is 1. The summed E-state index contributed by atoms with van der Waals surface area (Å²) in [6, 6.07) is 15.2. The van der Waals surface area contributed by atoms with Crippen molar-refractivity contribution in [1.29, 1.82) is 0 Å². The Balaban J connectivity index is 2.22. The zero-order valence-electron chi connectivity index (χ0n) is 21.1. The first kappa shape index (κ1) is 24.9. The van der Waals surface area contributed by atoms with Gasteiger partial charge in [-0.15, -0.1) is 0 Å². The van der Waals surface area contributed by atoms with Crippen LogP contribution in [-0.2, 0) is 19.6 Å². The zero-order chi connectivity index (χ0) is 25.9. The molecule has 0 fully saturated rings. The van der Waals surface area contributed by atoms with E-state index >= 15 is 0 Å². The van der Waals surface area contributed by atoms with Gasteiger partial charge in [0.05, 0.1) is 16.2 Å². The first-order valence-corrected chi connectivity index (χ1v) is 12.9. The first-order chi connectivity index (χ1) is 16.3. The first-order valence-electron chi connectivity index (χ1n) is 11.5. The smallest absolute Gasteiger partial charge is 0.337 e. The summed E-state index contributed by atoms with van der Waals surface area (Å²) in [6.45, 7) is 10.9. The number of rotatable bonds is 4. The van der Waals surface area contributed by atoms with Crippen molar-refractivity contribution >= 4 is 21.7 Å². The zero-order valence-corrected chi connectivity index (χ0v) is 21.9. The molecule has 35 heavy (non-hydrogen) atoms. The van der Waals surface area contributed by atoms with E-state index in [9.17, 15) is 18.3 Å². The second-order valence-corrected chi connectivity index (χ2v) is 12.0. The molecular formula is C28H31NO5S. The Morgan fingerprint density at radius 1 is 0.943 bits per heavy atom. The summed E-state index contributed by atoms with van der Waals surface area (Å²) in [4.78, 5) is 12.7. The molecule has 4 rings (SSSR count). The molecule has 0 radical (unpaired) electrons. The fourth-order valence-corrected chi connectivity index (χ4v) is 6.58. The van der Waals surface area contributed by atoms with Crippen molar-refractivity contribution in [2.24, 2.45) is 0 Å². The number of hydrogen-bond donors (Lipinski definition) is 1. The van der Waals surface area contributed by atoms with Gasteiger partial charge in [-0.25, -0.2) is 13.2 Å². The number of hydrogen-bond acceptors (Lipinski definition) is 4. The summed E-state index contributed by atoms with van der Waals surface area (Å²) < 4.78 is 34.9. The Morgan fingerprint density at radius 3 is 2.11 bits per heavy atom. The van der Waals surface area contributed by atoms with Gasteiger partial charge < -0.3 is 9.84 Å². The summed E-state index contributed by atoms with van der Waals surface area (Å²) >= 11 is 0. The molecule has 1 aliphatic rings. The van der Waals surface area contributed by atoms with E-state index < -0.39 is 27.7 Å². The van der Waals surface area contributed by atoms with E-state index in [2.05, 4.69) is 0 Å². The van der Waals surface area contributed by atoms with Crippen LogP contribution >= 0.6 is 0 Å². The van der Waals surface area contributed by atoms with Crippen molar-refractivity contribution in [1.82, 2.24) is 0 Å². The topological polar surface area (TPSA) is 83.9 Å².